The first kappa shape index (κ1) is 17.2. The molecule has 0 radical (unpaired) electrons. The molecule has 1 fully saturated rings. The van der Waals surface area contributed by atoms with Gasteiger partial charge in [-0.3, -0.25) is 9.35 Å². The summed E-state index contributed by atoms with van der Waals surface area (Å²) in [5.74, 6) is 0.612. The summed E-state index contributed by atoms with van der Waals surface area (Å²) in [6.45, 7) is 2.23. The quantitative estimate of drug-likeness (QED) is 0.727. The molecule has 2 rings (SSSR count). The van der Waals surface area contributed by atoms with Gasteiger partial charge >= 0.3 is 0 Å². The molecule has 1 N–H and O–H groups in total. The second-order valence-electron chi connectivity index (χ2n) is 5.98. The fraction of sp³-hybridized carbons (Fsp3) is 0.688. The van der Waals surface area contributed by atoms with E-state index in [4.69, 9.17) is 4.74 Å². The van der Waals surface area contributed by atoms with Gasteiger partial charge < -0.3 is 4.74 Å². The number of Topliss-reactive ketones (excluding diaryl/α,β-unsaturated/α-hetero) is 1. The molecule has 0 saturated heterocycles. The highest BCUT2D eigenvalue weighted by atomic mass is 32.2. The van der Waals surface area contributed by atoms with Crippen molar-refractivity contribution in [2.45, 2.75) is 57.1 Å². The number of hydrogen-bond acceptors (Lipinski definition) is 4. The third kappa shape index (κ3) is 4.20. The molecule has 2 aliphatic carbocycles. The van der Waals surface area contributed by atoms with Crippen LogP contribution in [0.3, 0.4) is 0 Å². The first-order valence-electron chi connectivity index (χ1n) is 7.98. The molecular formula is C16H24O5S. The van der Waals surface area contributed by atoms with E-state index in [9.17, 15) is 17.8 Å². The van der Waals surface area contributed by atoms with Crippen molar-refractivity contribution in [3.63, 3.8) is 0 Å². The molecule has 6 heteroatoms. The van der Waals surface area contributed by atoms with Crippen LogP contribution in [-0.4, -0.2) is 30.6 Å². The largest absolute Gasteiger partial charge is 0.493 e. The molecule has 1 atom stereocenters. The van der Waals surface area contributed by atoms with Gasteiger partial charge in [0.05, 0.1) is 6.61 Å². The molecule has 0 aliphatic heterocycles. The predicted octanol–water partition coefficient (Wildman–Crippen LogP) is 3.03. The Morgan fingerprint density at radius 2 is 2.00 bits per heavy atom. The van der Waals surface area contributed by atoms with Gasteiger partial charge in [-0.1, -0.05) is 38.2 Å². The zero-order valence-corrected chi connectivity index (χ0v) is 13.8. The number of ether oxygens (including phenoxy) is 1. The van der Waals surface area contributed by atoms with Gasteiger partial charge in [-0.15, -0.1) is 0 Å². The molecule has 0 aromatic heterocycles. The lowest BCUT2D eigenvalue weighted by Gasteiger charge is -2.20. The van der Waals surface area contributed by atoms with E-state index in [2.05, 4.69) is 0 Å². The van der Waals surface area contributed by atoms with Crippen LogP contribution in [0.5, 0.6) is 0 Å². The maximum atomic E-state index is 12.4. The average molecular weight is 328 g/mol. The normalized spacial score (nSPS) is 23.4. The summed E-state index contributed by atoms with van der Waals surface area (Å²) < 4.78 is 37.2. The summed E-state index contributed by atoms with van der Waals surface area (Å²) in [6.07, 6.45) is 10.1. The number of carbonyl (C=O) groups excluding carboxylic acids is 1. The Kier molecular flexibility index (Phi) is 5.81. The second-order valence-corrected chi connectivity index (χ2v) is 7.52. The maximum Gasteiger partial charge on any atom is 0.279 e. The van der Waals surface area contributed by atoms with E-state index in [1.54, 1.807) is 0 Å². The Balaban J connectivity index is 2.07. The molecule has 5 nitrogen and oxygen atoms in total. The SMILES string of the molecule is CCOC1=C(CCCC2CCCC2)C(=O)C(S(=O)(=O)O)C=C1. The van der Waals surface area contributed by atoms with Gasteiger partial charge in [0.25, 0.3) is 10.1 Å². The monoisotopic (exact) mass is 328 g/mol. The number of hydrogen-bond donors (Lipinski definition) is 1. The first-order chi connectivity index (χ1) is 10.4. The first-order valence-corrected chi connectivity index (χ1v) is 9.48. The molecule has 0 heterocycles. The van der Waals surface area contributed by atoms with E-state index in [-0.39, 0.29) is 0 Å². The average Bonchev–Trinajstić information content (AvgIpc) is 2.94. The van der Waals surface area contributed by atoms with Crippen molar-refractivity contribution in [2.75, 3.05) is 6.61 Å². The minimum atomic E-state index is -4.41. The van der Waals surface area contributed by atoms with Crippen LogP contribution in [-0.2, 0) is 19.6 Å². The van der Waals surface area contributed by atoms with Crippen LogP contribution >= 0.6 is 0 Å². The standard InChI is InChI=1S/C16H24O5S/c1-2-21-14-10-11-15(22(18,19)20)16(17)13(14)9-5-8-12-6-3-4-7-12/h10-12,15H,2-9H2,1H3,(H,18,19,20). The van der Waals surface area contributed by atoms with Crippen molar-refractivity contribution in [1.82, 2.24) is 0 Å². The molecule has 0 bridgehead atoms. The lowest BCUT2D eigenvalue weighted by molar-refractivity contribution is -0.115. The van der Waals surface area contributed by atoms with Crippen LogP contribution in [0.1, 0.15) is 51.9 Å². The highest BCUT2D eigenvalue weighted by Gasteiger charge is 2.35. The van der Waals surface area contributed by atoms with E-state index in [0.29, 0.717) is 24.4 Å². The van der Waals surface area contributed by atoms with Gasteiger partial charge in [-0.05, 0) is 31.8 Å². The van der Waals surface area contributed by atoms with E-state index in [1.165, 1.54) is 37.8 Å². The molecule has 2 aliphatic rings. The lowest BCUT2D eigenvalue weighted by Crippen LogP contribution is -2.32. The van der Waals surface area contributed by atoms with Crippen LogP contribution in [0.2, 0.25) is 0 Å². The Bertz CT molecular complexity index is 567. The van der Waals surface area contributed by atoms with Crippen LogP contribution in [0, 0.1) is 5.92 Å². The van der Waals surface area contributed by atoms with Gasteiger partial charge in [-0.2, -0.15) is 8.42 Å². The van der Waals surface area contributed by atoms with Crippen LogP contribution < -0.4 is 0 Å². The summed E-state index contributed by atoms with van der Waals surface area (Å²) in [5.41, 5.74) is 0.393. The molecule has 22 heavy (non-hydrogen) atoms. The fourth-order valence-corrected chi connectivity index (χ4v) is 3.98. The van der Waals surface area contributed by atoms with Gasteiger partial charge in [0.2, 0.25) is 0 Å². The second kappa shape index (κ2) is 7.42. The molecule has 124 valence electrons. The Labute approximate surface area is 132 Å². The number of ketones is 1. The molecule has 1 saturated carbocycles. The zero-order chi connectivity index (χ0) is 16.2. The van der Waals surface area contributed by atoms with Crippen LogP contribution in [0.25, 0.3) is 0 Å². The highest BCUT2D eigenvalue weighted by molar-refractivity contribution is 7.87. The molecule has 0 spiro atoms. The van der Waals surface area contributed by atoms with E-state index in [0.717, 1.165) is 18.8 Å². The van der Waals surface area contributed by atoms with E-state index < -0.39 is 21.2 Å². The topological polar surface area (TPSA) is 80.7 Å². The van der Waals surface area contributed by atoms with Gasteiger partial charge in [0.15, 0.2) is 11.0 Å². The molecule has 0 aromatic rings. The molecular weight excluding hydrogens is 304 g/mol. The Hall–Kier alpha value is -1.14. The third-order valence-corrected chi connectivity index (χ3v) is 5.42. The highest BCUT2D eigenvalue weighted by Crippen LogP contribution is 2.31. The van der Waals surface area contributed by atoms with E-state index in [1.807, 2.05) is 6.92 Å². The van der Waals surface area contributed by atoms with Crippen LogP contribution in [0.15, 0.2) is 23.5 Å². The summed E-state index contributed by atoms with van der Waals surface area (Å²) >= 11 is 0. The van der Waals surface area contributed by atoms with Crippen molar-refractivity contribution in [3.8, 4) is 0 Å². The summed E-state index contributed by atoms with van der Waals surface area (Å²) in [6, 6.07) is 0. The Morgan fingerprint density at radius 3 is 2.59 bits per heavy atom. The zero-order valence-electron chi connectivity index (χ0n) is 13.0. The molecule has 0 aromatic carbocycles. The van der Waals surface area contributed by atoms with Crippen molar-refractivity contribution in [2.24, 2.45) is 5.92 Å². The summed E-state index contributed by atoms with van der Waals surface area (Å²) in [7, 11) is -4.41. The van der Waals surface area contributed by atoms with Crippen molar-refractivity contribution in [1.29, 1.82) is 0 Å². The van der Waals surface area contributed by atoms with Gasteiger partial charge in [-0.25, -0.2) is 0 Å². The summed E-state index contributed by atoms with van der Waals surface area (Å²) in [4.78, 5) is 12.4. The predicted molar refractivity (Wildman–Crippen MR) is 83.9 cm³/mol. The van der Waals surface area contributed by atoms with Crippen molar-refractivity contribution < 1.29 is 22.5 Å². The Morgan fingerprint density at radius 1 is 1.32 bits per heavy atom. The van der Waals surface area contributed by atoms with Crippen LogP contribution in [0.4, 0.5) is 0 Å². The van der Waals surface area contributed by atoms with E-state index >= 15 is 0 Å². The summed E-state index contributed by atoms with van der Waals surface area (Å²) in [5, 5.41) is -1.49. The fourth-order valence-electron chi connectivity index (χ4n) is 3.29. The minimum absolute atomic E-state index is 0.393. The van der Waals surface area contributed by atoms with Crippen molar-refractivity contribution in [3.05, 3.63) is 23.5 Å². The number of allylic oxidation sites excluding steroid dienone is 2. The third-order valence-electron chi connectivity index (χ3n) is 4.41. The van der Waals surface area contributed by atoms with Gasteiger partial charge in [0.1, 0.15) is 5.76 Å². The molecule has 0 amide bonds. The lowest BCUT2D eigenvalue weighted by atomic mass is 9.93. The molecule has 1 unspecified atom stereocenters. The van der Waals surface area contributed by atoms with Gasteiger partial charge in [0, 0.05) is 5.57 Å². The number of rotatable bonds is 7. The minimum Gasteiger partial charge on any atom is -0.493 e. The van der Waals surface area contributed by atoms with Crippen molar-refractivity contribution >= 4 is 15.9 Å². The number of carbonyl (C=O) groups is 1. The maximum absolute atomic E-state index is 12.4. The smallest absolute Gasteiger partial charge is 0.279 e.